The molecule has 1 fully saturated rings. The standard InChI is InChI=1S/C13H18F2N2O.ClH/c14-11-7-10(8-12(15)9-11)13(1-6-18)17-4-2-16-3-5-17;/h7-9,13,16,18H,1-6H2;1H/t13-;/m0./s1. The molecule has 0 amide bonds. The monoisotopic (exact) mass is 292 g/mol. The van der Waals surface area contributed by atoms with Crippen molar-refractivity contribution >= 4 is 12.4 Å². The highest BCUT2D eigenvalue weighted by molar-refractivity contribution is 5.85. The molecule has 1 aliphatic heterocycles. The van der Waals surface area contributed by atoms with E-state index in [1.165, 1.54) is 12.1 Å². The molecule has 3 nitrogen and oxygen atoms in total. The van der Waals surface area contributed by atoms with Gasteiger partial charge in [0.2, 0.25) is 0 Å². The van der Waals surface area contributed by atoms with Crippen molar-refractivity contribution in [2.24, 2.45) is 0 Å². The van der Waals surface area contributed by atoms with E-state index >= 15 is 0 Å². The molecule has 0 radical (unpaired) electrons. The number of hydrogen-bond acceptors (Lipinski definition) is 3. The van der Waals surface area contributed by atoms with Crippen LogP contribution in [0.2, 0.25) is 0 Å². The summed E-state index contributed by atoms with van der Waals surface area (Å²) in [5, 5.41) is 12.4. The first-order chi connectivity index (χ1) is 8.70. The van der Waals surface area contributed by atoms with Gasteiger partial charge in [0.05, 0.1) is 0 Å². The van der Waals surface area contributed by atoms with Gasteiger partial charge in [-0.2, -0.15) is 0 Å². The van der Waals surface area contributed by atoms with Crippen LogP contribution in [0.3, 0.4) is 0 Å². The van der Waals surface area contributed by atoms with Crippen LogP contribution >= 0.6 is 12.4 Å². The first-order valence-corrected chi connectivity index (χ1v) is 6.22. The van der Waals surface area contributed by atoms with Gasteiger partial charge in [0.1, 0.15) is 11.6 Å². The molecule has 1 aromatic carbocycles. The van der Waals surface area contributed by atoms with E-state index in [1.807, 2.05) is 0 Å². The highest BCUT2D eigenvalue weighted by Gasteiger charge is 2.22. The molecule has 0 spiro atoms. The average molecular weight is 293 g/mol. The lowest BCUT2D eigenvalue weighted by Gasteiger charge is -2.35. The third-order valence-electron chi connectivity index (χ3n) is 3.26. The van der Waals surface area contributed by atoms with E-state index < -0.39 is 11.6 Å². The Kier molecular flexibility index (Phi) is 6.65. The zero-order valence-electron chi connectivity index (χ0n) is 10.6. The number of nitrogens with zero attached hydrogens (tertiary/aromatic N) is 1. The summed E-state index contributed by atoms with van der Waals surface area (Å²) in [6, 6.07) is 3.45. The van der Waals surface area contributed by atoms with Crippen molar-refractivity contribution in [1.82, 2.24) is 10.2 Å². The smallest absolute Gasteiger partial charge is 0.126 e. The molecular formula is C13H19ClF2N2O. The summed E-state index contributed by atoms with van der Waals surface area (Å²) in [7, 11) is 0. The predicted molar refractivity (Wildman–Crippen MR) is 72.5 cm³/mol. The Morgan fingerprint density at radius 2 is 1.74 bits per heavy atom. The summed E-state index contributed by atoms with van der Waals surface area (Å²) >= 11 is 0. The number of aliphatic hydroxyl groups excluding tert-OH is 1. The average Bonchev–Trinajstić information content (AvgIpc) is 2.36. The van der Waals surface area contributed by atoms with E-state index in [0.29, 0.717) is 12.0 Å². The molecule has 19 heavy (non-hydrogen) atoms. The molecule has 0 unspecified atom stereocenters. The lowest BCUT2D eigenvalue weighted by molar-refractivity contribution is 0.140. The number of nitrogens with one attached hydrogen (secondary N) is 1. The molecule has 1 aromatic rings. The Morgan fingerprint density at radius 3 is 2.26 bits per heavy atom. The van der Waals surface area contributed by atoms with Crippen molar-refractivity contribution in [3.63, 3.8) is 0 Å². The summed E-state index contributed by atoms with van der Waals surface area (Å²) in [6.07, 6.45) is 0.489. The summed E-state index contributed by atoms with van der Waals surface area (Å²) in [4.78, 5) is 2.15. The predicted octanol–water partition coefficient (Wildman–Crippen LogP) is 1.72. The van der Waals surface area contributed by atoms with E-state index in [-0.39, 0.29) is 25.1 Å². The number of hydrogen-bond donors (Lipinski definition) is 2. The normalized spacial score (nSPS) is 17.8. The molecule has 1 aliphatic rings. The molecule has 108 valence electrons. The van der Waals surface area contributed by atoms with Gasteiger partial charge in [0.25, 0.3) is 0 Å². The molecule has 1 heterocycles. The van der Waals surface area contributed by atoms with Crippen LogP contribution in [0.25, 0.3) is 0 Å². The lowest BCUT2D eigenvalue weighted by atomic mass is 10.0. The molecule has 2 N–H and O–H groups in total. The van der Waals surface area contributed by atoms with Crippen molar-refractivity contribution in [3.05, 3.63) is 35.4 Å². The van der Waals surface area contributed by atoms with Crippen LogP contribution in [0.15, 0.2) is 18.2 Å². The van der Waals surface area contributed by atoms with Crippen molar-refractivity contribution in [2.45, 2.75) is 12.5 Å². The molecule has 0 bridgehead atoms. The van der Waals surface area contributed by atoms with E-state index in [4.69, 9.17) is 5.11 Å². The van der Waals surface area contributed by atoms with Gasteiger partial charge in [-0.3, -0.25) is 4.90 Å². The molecule has 6 heteroatoms. The minimum atomic E-state index is -0.567. The van der Waals surface area contributed by atoms with Gasteiger partial charge in [-0.25, -0.2) is 8.78 Å². The van der Waals surface area contributed by atoms with Gasteiger partial charge in [0, 0.05) is 44.9 Å². The van der Waals surface area contributed by atoms with Crippen LogP contribution in [0.1, 0.15) is 18.0 Å². The van der Waals surface area contributed by atoms with Crippen molar-refractivity contribution in [1.29, 1.82) is 0 Å². The first-order valence-electron chi connectivity index (χ1n) is 6.22. The molecule has 1 saturated heterocycles. The highest BCUT2D eigenvalue weighted by Crippen LogP contribution is 2.25. The van der Waals surface area contributed by atoms with Crippen LogP contribution in [0, 0.1) is 11.6 Å². The van der Waals surface area contributed by atoms with Gasteiger partial charge in [-0.1, -0.05) is 0 Å². The van der Waals surface area contributed by atoms with Crippen molar-refractivity contribution in [2.75, 3.05) is 32.8 Å². The number of rotatable bonds is 4. The molecule has 0 saturated carbocycles. The Balaban J connectivity index is 0.00000180. The van der Waals surface area contributed by atoms with Crippen molar-refractivity contribution < 1.29 is 13.9 Å². The maximum Gasteiger partial charge on any atom is 0.126 e. The molecular weight excluding hydrogens is 274 g/mol. The molecule has 0 aromatic heterocycles. The quantitative estimate of drug-likeness (QED) is 0.887. The van der Waals surface area contributed by atoms with Crippen LogP contribution in [0.4, 0.5) is 8.78 Å². The minimum Gasteiger partial charge on any atom is -0.396 e. The lowest BCUT2D eigenvalue weighted by Crippen LogP contribution is -2.45. The zero-order chi connectivity index (χ0) is 13.0. The maximum absolute atomic E-state index is 13.3. The number of halogens is 3. The van der Waals surface area contributed by atoms with Crippen LogP contribution < -0.4 is 5.32 Å². The summed E-state index contributed by atoms with van der Waals surface area (Å²) in [5.41, 5.74) is 0.600. The van der Waals surface area contributed by atoms with E-state index in [0.717, 1.165) is 32.2 Å². The second-order valence-electron chi connectivity index (χ2n) is 4.52. The van der Waals surface area contributed by atoms with E-state index in [2.05, 4.69) is 10.2 Å². The largest absolute Gasteiger partial charge is 0.396 e. The van der Waals surface area contributed by atoms with Gasteiger partial charge < -0.3 is 10.4 Å². The number of piperazine rings is 1. The minimum absolute atomic E-state index is 0. The van der Waals surface area contributed by atoms with Gasteiger partial charge in [-0.15, -0.1) is 12.4 Å². The molecule has 0 aliphatic carbocycles. The zero-order valence-corrected chi connectivity index (χ0v) is 11.4. The topological polar surface area (TPSA) is 35.5 Å². The fourth-order valence-corrected chi connectivity index (χ4v) is 2.44. The van der Waals surface area contributed by atoms with Crippen LogP contribution in [-0.4, -0.2) is 42.8 Å². The van der Waals surface area contributed by atoms with E-state index in [1.54, 1.807) is 0 Å². The molecule has 1 atom stereocenters. The second-order valence-corrected chi connectivity index (χ2v) is 4.52. The first kappa shape index (κ1) is 16.3. The summed E-state index contributed by atoms with van der Waals surface area (Å²) in [5.74, 6) is -1.13. The number of benzene rings is 1. The molecule has 2 rings (SSSR count). The third-order valence-corrected chi connectivity index (χ3v) is 3.26. The van der Waals surface area contributed by atoms with E-state index in [9.17, 15) is 8.78 Å². The Morgan fingerprint density at radius 1 is 1.16 bits per heavy atom. The van der Waals surface area contributed by atoms with Gasteiger partial charge in [-0.05, 0) is 24.1 Å². The summed E-state index contributed by atoms with van der Waals surface area (Å²) in [6.45, 7) is 3.37. The Labute approximate surface area is 118 Å². The fraction of sp³-hybridized carbons (Fsp3) is 0.538. The maximum atomic E-state index is 13.3. The van der Waals surface area contributed by atoms with Gasteiger partial charge in [0.15, 0.2) is 0 Å². The SMILES string of the molecule is Cl.OCC[C@@H](c1cc(F)cc(F)c1)N1CCNCC1. The van der Waals surface area contributed by atoms with Crippen molar-refractivity contribution in [3.8, 4) is 0 Å². The van der Waals surface area contributed by atoms with Gasteiger partial charge >= 0.3 is 0 Å². The fourth-order valence-electron chi connectivity index (χ4n) is 2.44. The van der Waals surface area contributed by atoms with Crippen LogP contribution in [0.5, 0.6) is 0 Å². The summed E-state index contributed by atoms with van der Waals surface area (Å²) < 4.78 is 26.5. The third kappa shape index (κ3) is 4.38. The number of aliphatic hydroxyl groups is 1. The Bertz CT molecular complexity index is 380. The second kappa shape index (κ2) is 7.75. The van der Waals surface area contributed by atoms with Crippen LogP contribution in [-0.2, 0) is 0 Å². The Hall–Kier alpha value is -0.750. The highest BCUT2D eigenvalue weighted by atomic mass is 35.5.